The van der Waals surface area contributed by atoms with Gasteiger partial charge in [-0.3, -0.25) is 9.48 Å². The molecule has 1 aromatic heterocycles. The van der Waals surface area contributed by atoms with Crippen molar-refractivity contribution in [2.45, 2.75) is 57.0 Å². The second-order valence-electron chi connectivity index (χ2n) is 8.18. The van der Waals surface area contributed by atoms with Gasteiger partial charge < -0.3 is 14.4 Å². The van der Waals surface area contributed by atoms with Gasteiger partial charge in [0.25, 0.3) is 0 Å². The van der Waals surface area contributed by atoms with Crippen LogP contribution in [0.25, 0.3) is 0 Å². The topological polar surface area (TPSA) is 69.5 Å². The van der Waals surface area contributed by atoms with Crippen LogP contribution in [-0.4, -0.2) is 45.3 Å². The molecule has 1 atom stereocenters. The molecule has 0 bridgehead atoms. The molecule has 1 aromatic carbocycles. The third kappa shape index (κ3) is 2.84. The summed E-state index contributed by atoms with van der Waals surface area (Å²) in [4.78, 5) is 19.2. The van der Waals surface area contributed by atoms with E-state index in [1.54, 1.807) is 11.0 Å². The number of aryl methyl sites for hydroxylation is 1. The Morgan fingerprint density at radius 1 is 1.21 bits per heavy atom. The first-order chi connectivity index (χ1) is 13.7. The molecule has 7 heteroatoms. The minimum Gasteiger partial charge on any atom is -0.486 e. The predicted molar refractivity (Wildman–Crippen MR) is 102 cm³/mol. The molecule has 1 fully saturated rings. The quantitative estimate of drug-likeness (QED) is 0.816. The van der Waals surface area contributed by atoms with Gasteiger partial charge in [0, 0.05) is 18.4 Å². The van der Waals surface area contributed by atoms with Crippen LogP contribution in [0.15, 0.2) is 24.8 Å². The molecule has 3 aliphatic rings. The van der Waals surface area contributed by atoms with Crippen LogP contribution in [0.2, 0.25) is 0 Å². The average Bonchev–Trinajstić information content (AvgIpc) is 3.41. The molecule has 0 N–H and O–H groups in total. The monoisotopic (exact) mass is 382 g/mol. The summed E-state index contributed by atoms with van der Waals surface area (Å²) in [6.45, 7) is 4.65. The van der Waals surface area contributed by atoms with Gasteiger partial charge >= 0.3 is 0 Å². The lowest BCUT2D eigenvalue weighted by atomic mass is 9.71. The molecular formula is C21H26N4O3. The number of ether oxygens (including phenoxy) is 2. The Balaban J connectivity index is 1.47. The fourth-order valence-electron chi connectivity index (χ4n) is 5.11. The minimum atomic E-state index is 0.0281. The molecular weight excluding hydrogens is 356 g/mol. The molecule has 0 radical (unpaired) electrons. The lowest BCUT2D eigenvalue weighted by Crippen LogP contribution is -2.48. The Kier molecular flexibility index (Phi) is 4.25. The zero-order chi connectivity index (χ0) is 19.1. The van der Waals surface area contributed by atoms with Crippen molar-refractivity contribution in [2.24, 2.45) is 0 Å². The highest BCUT2D eigenvalue weighted by atomic mass is 16.6. The van der Waals surface area contributed by atoms with E-state index in [9.17, 15) is 4.79 Å². The van der Waals surface area contributed by atoms with Crippen molar-refractivity contribution in [1.82, 2.24) is 19.7 Å². The third-order valence-corrected chi connectivity index (χ3v) is 6.58. The van der Waals surface area contributed by atoms with Crippen LogP contribution in [0.3, 0.4) is 0 Å². The molecule has 2 aliphatic heterocycles. The van der Waals surface area contributed by atoms with Crippen molar-refractivity contribution < 1.29 is 14.3 Å². The Morgan fingerprint density at radius 3 is 2.68 bits per heavy atom. The van der Waals surface area contributed by atoms with Gasteiger partial charge in [-0.1, -0.05) is 12.8 Å². The zero-order valence-electron chi connectivity index (χ0n) is 16.3. The molecule has 28 heavy (non-hydrogen) atoms. The van der Waals surface area contributed by atoms with E-state index in [1.165, 1.54) is 30.3 Å². The van der Waals surface area contributed by atoms with Crippen molar-refractivity contribution in [1.29, 1.82) is 0 Å². The first-order valence-corrected chi connectivity index (χ1v) is 10.2. The average molecular weight is 382 g/mol. The maximum absolute atomic E-state index is 13.2. The van der Waals surface area contributed by atoms with Gasteiger partial charge in [-0.25, -0.2) is 4.98 Å². The number of aromatic nitrogens is 3. The summed E-state index contributed by atoms with van der Waals surface area (Å²) in [7, 11) is 0. The standard InChI is InChI=1S/C21H26N4O3/c1-15-16-10-18-19(28-9-8-27-18)11-17(16)21(5-2-3-6-21)12-25(15)20(26)4-7-24-14-22-13-23-24/h10-11,13-15H,2-9,12H2,1H3. The van der Waals surface area contributed by atoms with E-state index in [4.69, 9.17) is 9.47 Å². The van der Waals surface area contributed by atoms with E-state index >= 15 is 0 Å². The number of benzene rings is 1. The van der Waals surface area contributed by atoms with E-state index in [-0.39, 0.29) is 17.4 Å². The number of carbonyl (C=O) groups is 1. The van der Waals surface area contributed by atoms with Gasteiger partial charge in [-0.2, -0.15) is 5.10 Å². The Morgan fingerprint density at radius 2 is 1.96 bits per heavy atom. The van der Waals surface area contributed by atoms with Crippen molar-refractivity contribution in [3.8, 4) is 11.5 Å². The number of nitrogens with zero attached hydrogens (tertiary/aromatic N) is 4. The van der Waals surface area contributed by atoms with Gasteiger partial charge in [-0.05, 0) is 43.0 Å². The number of amides is 1. The Bertz CT molecular complexity index is 874. The van der Waals surface area contributed by atoms with E-state index in [0.717, 1.165) is 30.9 Å². The van der Waals surface area contributed by atoms with Gasteiger partial charge in [0.15, 0.2) is 11.5 Å². The maximum atomic E-state index is 13.2. The first kappa shape index (κ1) is 17.5. The summed E-state index contributed by atoms with van der Waals surface area (Å²) in [5.41, 5.74) is 2.62. The molecule has 148 valence electrons. The predicted octanol–water partition coefficient (Wildman–Crippen LogP) is 2.85. The maximum Gasteiger partial charge on any atom is 0.224 e. The van der Waals surface area contributed by atoms with Crippen LogP contribution in [0.4, 0.5) is 0 Å². The molecule has 1 unspecified atom stereocenters. The molecule has 1 spiro atoms. The van der Waals surface area contributed by atoms with Crippen LogP contribution in [0, 0.1) is 0 Å². The fourth-order valence-corrected chi connectivity index (χ4v) is 5.11. The van der Waals surface area contributed by atoms with Crippen molar-refractivity contribution in [3.05, 3.63) is 35.9 Å². The molecule has 1 amide bonds. The summed E-state index contributed by atoms with van der Waals surface area (Å²) in [6.07, 6.45) is 8.27. The highest BCUT2D eigenvalue weighted by Gasteiger charge is 2.46. The fraction of sp³-hybridized carbons (Fsp3) is 0.571. The van der Waals surface area contributed by atoms with Gasteiger partial charge in [0.1, 0.15) is 25.9 Å². The van der Waals surface area contributed by atoms with E-state index in [1.807, 2.05) is 0 Å². The van der Waals surface area contributed by atoms with Crippen molar-refractivity contribution >= 4 is 5.91 Å². The number of hydrogen-bond donors (Lipinski definition) is 0. The van der Waals surface area contributed by atoms with Crippen LogP contribution in [0.5, 0.6) is 11.5 Å². The number of carbonyl (C=O) groups excluding carboxylic acids is 1. The van der Waals surface area contributed by atoms with Crippen molar-refractivity contribution in [3.63, 3.8) is 0 Å². The van der Waals surface area contributed by atoms with E-state index in [2.05, 4.69) is 34.0 Å². The normalized spacial score (nSPS) is 22.3. The molecule has 1 saturated carbocycles. The van der Waals surface area contributed by atoms with Gasteiger partial charge in [0.2, 0.25) is 5.91 Å². The SMILES string of the molecule is CC1c2cc3c(cc2C2(CCCC2)CN1C(=O)CCn1cncn1)OCCO3. The molecule has 3 heterocycles. The number of rotatable bonds is 3. The van der Waals surface area contributed by atoms with Gasteiger partial charge in [-0.15, -0.1) is 0 Å². The summed E-state index contributed by atoms with van der Waals surface area (Å²) in [5, 5.41) is 4.11. The second-order valence-corrected chi connectivity index (χ2v) is 8.18. The minimum absolute atomic E-state index is 0.0281. The largest absolute Gasteiger partial charge is 0.486 e. The van der Waals surface area contributed by atoms with Crippen LogP contribution in [-0.2, 0) is 16.8 Å². The molecule has 1 aliphatic carbocycles. The lowest BCUT2D eigenvalue weighted by molar-refractivity contribution is -0.135. The second kappa shape index (κ2) is 6.79. The van der Waals surface area contributed by atoms with Crippen molar-refractivity contribution in [2.75, 3.05) is 19.8 Å². The molecule has 7 nitrogen and oxygen atoms in total. The highest BCUT2D eigenvalue weighted by molar-refractivity contribution is 5.77. The third-order valence-electron chi connectivity index (χ3n) is 6.58. The molecule has 5 rings (SSSR count). The Labute approximate surface area is 164 Å². The number of hydrogen-bond acceptors (Lipinski definition) is 5. The first-order valence-electron chi connectivity index (χ1n) is 10.2. The van der Waals surface area contributed by atoms with Crippen LogP contribution < -0.4 is 9.47 Å². The van der Waals surface area contributed by atoms with Crippen LogP contribution >= 0.6 is 0 Å². The smallest absolute Gasteiger partial charge is 0.224 e. The zero-order valence-corrected chi connectivity index (χ0v) is 16.3. The lowest BCUT2D eigenvalue weighted by Gasteiger charge is -2.46. The number of fused-ring (bicyclic) bond motifs is 3. The summed E-state index contributed by atoms with van der Waals surface area (Å²) in [6, 6.07) is 4.34. The van der Waals surface area contributed by atoms with E-state index < -0.39 is 0 Å². The highest BCUT2D eigenvalue weighted by Crippen LogP contribution is 2.51. The van der Waals surface area contributed by atoms with Crippen LogP contribution in [0.1, 0.15) is 56.2 Å². The molecule has 2 aromatic rings. The summed E-state index contributed by atoms with van der Waals surface area (Å²) >= 11 is 0. The summed E-state index contributed by atoms with van der Waals surface area (Å²) in [5.74, 6) is 1.84. The van der Waals surface area contributed by atoms with Gasteiger partial charge in [0.05, 0.1) is 12.6 Å². The summed E-state index contributed by atoms with van der Waals surface area (Å²) < 4.78 is 13.4. The van der Waals surface area contributed by atoms with E-state index in [0.29, 0.717) is 26.2 Å². The molecule has 0 saturated heterocycles. The Hall–Kier alpha value is -2.57.